The van der Waals surface area contributed by atoms with Gasteiger partial charge >= 0.3 is 6.09 Å². The van der Waals surface area contributed by atoms with E-state index in [1.54, 1.807) is 0 Å². The first-order valence-electron chi connectivity index (χ1n) is 15.6. The first-order chi connectivity index (χ1) is 20.0. The fraction of sp³-hybridized carbons (Fsp3) is 0.500. The predicted molar refractivity (Wildman–Crippen MR) is 185 cm³/mol. The molecule has 0 saturated heterocycles. The van der Waals surface area contributed by atoms with Crippen LogP contribution in [0.5, 0.6) is 0 Å². The molecule has 3 nitrogen and oxygen atoms in total. The number of carbonyl (C=O) groups excluding carboxylic acids is 1. The summed E-state index contributed by atoms with van der Waals surface area (Å²) >= 11 is 1.85. The quantitative estimate of drug-likeness (QED) is 0.131. The first-order valence-corrected chi connectivity index (χ1v) is 16.8. The van der Waals surface area contributed by atoms with Gasteiger partial charge in [0.05, 0.1) is 5.54 Å². The Morgan fingerprint density at radius 3 is 2.40 bits per heavy atom. The van der Waals surface area contributed by atoms with Gasteiger partial charge in [0, 0.05) is 5.75 Å². The van der Waals surface area contributed by atoms with Gasteiger partial charge in [0.25, 0.3) is 0 Å². The van der Waals surface area contributed by atoms with Crippen LogP contribution in [0.25, 0.3) is 5.57 Å². The molecule has 0 spiro atoms. The number of hydrogen-bond donors (Lipinski definition) is 1. The SMILES string of the molecule is C=CC(CCC=CCC(C)(CC)c1ccccc1)CC(C)CCSCCOC(=O)NC(C)(C)c1cccc(C(=C)C)c1. The summed E-state index contributed by atoms with van der Waals surface area (Å²) in [4.78, 5) is 12.4. The molecule has 1 N–H and O–H groups in total. The van der Waals surface area contributed by atoms with Gasteiger partial charge in [-0.1, -0.05) is 99.7 Å². The topological polar surface area (TPSA) is 38.3 Å². The molecule has 230 valence electrons. The van der Waals surface area contributed by atoms with E-state index in [1.807, 2.05) is 50.7 Å². The van der Waals surface area contributed by atoms with E-state index in [1.165, 1.54) is 12.0 Å². The van der Waals surface area contributed by atoms with Crippen LogP contribution in [-0.2, 0) is 15.7 Å². The maximum absolute atomic E-state index is 12.4. The van der Waals surface area contributed by atoms with Crippen molar-refractivity contribution in [2.75, 3.05) is 18.1 Å². The maximum Gasteiger partial charge on any atom is 0.407 e. The highest BCUT2D eigenvalue weighted by atomic mass is 32.2. The Morgan fingerprint density at radius 2 is 1.74 bits per heavy atom. The number of rotatable bonds is 19. The highest BCUT2D eigenvalue weighted by Crippen LogP contribution is 2.32. The number of allylic oxidation sites excluding steroid dienone is 4. The van der Waals surface area contributed by atoms with Crippen LogP contribution in [-0.4, -0.2) is 24.2 Å². The lowest BCUT2D eigenvalue weighted by atomic mass is 9.77. The van der Waals surface area contributed by atoms with Gasteiger partial charge in [0.1, 0.15) is 6.61 Å². The van der Waals surface area contributed by atoms with E-state index in [9.17, 15) is 4.79 Å². The van der Waals surface area contributed by atoms with Gasteiger partial charge in [0.2, 0.25) is 0 Å². The number of amides is 1. The van der Waals surface area contributed by atoms with Crippen LogP contribution in [0.1, 0.15) is 96.8 Å². The van der Waals surface area contributed by atoms with E-state index < -0.39 is 5.54 Å². The molecule has 0 aliphatic heterocycles. The second-order valence-electron chi connectivity index (χ2n) is 12.5. The van der Waals surface area contributed by atoms with Gasteiger partial charge in [-0.3, -0.25) is 0 Å². The molecule has 42 heavy (non-hydrogen) atoms. The molecule has 0 aliphatic rings. The fourth-order valence-electron chi connectivity index (χ4n) is 5.16. The third kappa shape index (κ3) is 12.3. The molecule has 3 atom stereocenters. The number of hydrogen-bond acceptors (Lipinski definition) is 3. The summed E-state index contributed by atoms with van der Waals surface area (Å²) in [5.74, 6) is 3.07. The zero-order valence-corrected chi connectivity index (χ0v) is 27.9. The van der Waals surface area contributed by atoms with Crippen LogP contribution in [0.3, 0.4) is 0 Å². The van der Waals surface area contributed by atoms with E-state index in [-0.39, 0.29) is 11.5 Å². The van der Waals surface area contributed by atoms with Crippen molar-refractivity contribution in [2.45, 2.75) is 91.0 Å². The number of nitrogens with one attached hydrogen (secondary N) is 1. The van der Waals surface area contributed by atoms with E-state index >= 15 is 0 Å². The molecule has 0 aliphatic carbocycles. The van der Waals surface area contributed by atoms with Gasteiger partial charge in [-0.05, 0) is 105 Å². The van der Waals surface area contributed by atoms with Crippen LogP contribution in [0.4, 0.5) is 4.79 Å². The minimum atomic E-state index is -0.527. The number of benzene rings is 2. The van der Waals surface area contributed by atoms with Crippen molar-refractivity contribution in [1.29, 1.82) is 0 Å². The van der Waals surface area contributed by atoms with Gasteiger partial charge in [-0.25, -0.2) is 4.79 Å². The van der Waals surface area contributed by atoms with Crippen molar-refractivity contribution >= 4 is 23.4 Å². The van der Waals surface area contributed by atoms with Crippen molar-refractivity contribution < 1.29 is 9.53 Å². The molecule has 4 heteroatoms. The molecule has 0 fully saturated rings. The molecule has 0 saturated carbocycles. The summed E-state index contributed by atoms with van der Waals surface area (Å²) in [5.41, 5.74) is 4.20. The summed E-state index contributed by atoms with van der Waals surface area (Å²) in [6.45, 7) is 21.5. The normalized spacial score (nSPS) is 14.6. The summed E-state index contributed by atoms with van der Waals surface area (Å²) in [7, 11) is 0. The van der Waals surface area contributed by atoms with Gasteiger partial charge < -0.3 is 10.1 Å². The standard InChI is InChI=1S/C38H55NO2S/c1-9-32(18-13-12-16-24-38(8,10-2)34-20-14-11-15-21-34)28-31(5)23-26-42-27-25-41-36(40)39-37(6,7)35-22-17-19-33(29-35)30(3)4/h9,11-12,14-17,19-22,29,31-32H,1,3,10,13,18,23-28H2,2,4-8H3,(H,39,40). The van der Waals surface area contributed by atoms with E-state index in [0.717, 1.165) is 60.3 Å². The van der Waals surface area contributed by atoms with Crippen molar-refractivity contribution in [3.05, 3.63) is 103 Å². The van der Waals surface area contributed by atoms with Gasteiger partial charge in [-0.15, -0.1) is 6.58 Å². The number of carbonyl (C=O) groups is 1. The lowest BCUT2D eigenvalue weighted by Crippen LogP contribution is -2.41. The molecule has 1 amide bonds. The second-order valence-corrected chi connectivity index (χ2v) is 13.7. The molecule has 2 aromatic rings. The van der Waals surface area contributed by atoms with Crippen LogP contribution in [0, 0.1) is 11.8 Å². The lowest BCUT2D eigenvalue weighted by molar-refractivity contribution is 0.142. The smallest absolute Gasteiger partial charge is 0.407 e. The average Bonchev–Trinajstić information content (AvgIpc) is 2.98. The first kappa shape index (κ1) is 35.5. The Kier molecular flexibility index (Phi) is 15.3. The Labute approximate surface area is 261 Å². The maximum atomic E-state index is 12.4. The van der Waals surface area contributed by atoms with Crippen molar-refractivity contribution in [1.82, 2.24) is 5.32 Å². The van der Waals surface area contributed by atoms with Crippen LogP contribution in [0.15, 0.2) is 86.0 Å². The molecule has 0 radical (unpaired) electrons. The van der Waals surface area contributed by atoms with Crippen LogP contribution in [0.2, 0.25) is 0 Å². The number of ether oxygens (including phenoxy) is 1. The van der Waals surface area contributed by atoms with Gasteiger partial charge in [-0.2, -0.15) is 11.8 Å². The fourth-order valence-corrected chi connectivity index (χ4v) is 6.14. The van der Waals surface area contributed by atoms with Crippen molar-refractivity contribution in [3.63, 3.8) is 0 Å². The molecule has 0 heterocycles. The highest BCUT2D eigenvalue weighted by molar-refractivity contribution is 7.99. The molecule has 3 unspecified atom stereocenters. The summed E-state index contributed by atoms with van der Waals surface area (Å²) < 4.78 is 5.48. The molecule has 2 rings (SSSR count). The van der Waals surface area contributed by atoms with E-state index in [2.05, 4.69) is 93.9 Å². The minimum absolute atomic E-state index is 0.199. The summed E-state index contributed by atoms with van der Waals surface area (Å²) in [5, 5.41) is 3.00. The molecular formula is C38H55NO2S. The van der Waals surface area contributed by atoms with E-state index in [4.69, 9.17) is 4.74 Å². The Morgan fingerprint density at radius 1 is 1.02 bits per heavy atom. The van der Waals surface area contributed by atoms with Gasteiger partial charge in [0.15, 0.2) is 0 Å². The zero-order chi connectivity index (χ0) is 31.0. The van der Waals surface area contributed by atoms with E-state index in [0.29, 0.717) is 18.4 Å². The number of thioether (sulfide) groups is 1. The highest BCUT2D eigenvalue weighted by Gasteiger charge is 2.24. The van der Waals surface area contributed by atoms with Crippen molar-refractivity contribution in [3.8, 4) is 0 Å². The predicted octanol–water partition coefficient (Wildman–Crippen LogP) is 10.7. The minimum Gasteiger partial charge on any atom is -0.449 e. The summed E-state index contributed by atoms with van der Waals surface area (Å²) in [6.07, 6.45) is 13.3. The molecule has 2 aromatic carbocycles. The largest absolute Gasteiger partial charge is 0.449 e. The Hall–Kier alpha value is -2.72. The summed E-state index contributed by atoms with van der Waals surface area (Å²) in [6, 6.07) is 19.0. The Bertz CT molecular complexity index is 1140. The monoisotopic (exact) mass is 589 g/mol. The average molecular weight is 590 g/mol. The molecular weight excluding hydrogens is 534 g/mol. The zero-order valence-electron chi connectivity index (χ0n) is 27.1. The van der Waals surface area contributed by atoms with Crippen LogP contribution < -0.4 is 5.32 Å². The second kappa shape index (κ2) is 18.1. The Balaban J connectivity index is 1.62. The van der Waals surface area contributed by atoms with Crippen LogP contribution >= 0.6 is 11.8 Å². The molecule has 0 aromatic heterocycles. The van der Waals surface area contributed by atoms with Crippen molar-refractivity contribution in [2.24, 2.45) is 11.8 Å². The third-order valence-electron chi connectivity index (χ3n) is 8.44. The number of alkyl carbamates (subject to hydrolysis) is 1. The third-order valence-corrected chi connectivity index (χ3v) is 9.42. The molecule has 0 bridgehead atoms. The lowest BCUT2D eigenvalue weighted by Gasteiger charge is -2.27.